The molecule has 40 heavy (non-hydrogen) atoms. The molecule has 1 saturated heterocycles. The van der Waals surface area contributed by atoms with Crippen molar-refractivity contribution >= 4 is 34.0 Å². The highest BCUT2D eigenvalue weighted by molar-refractivity contribution is 6.03. The third-order valence-electron chi connectivity index (χ3n) is 6.54. The first-order chi connectivity index (χ1) is 19.5. The molecule has 10 heteroatoms. The standard InChI is InChI=1S/C30H31FN6O3/c1-3-28(38)36-26-16-23-25(17-27(26)40-11-5-8-37-9-12-39-13-10-37)33-19-34-30(23)35-22-7-4-6-21(15-22)29-24(31)14-20(2)18-32-29/h3-4,6-7,14-19H,1,5,8-13H2,2H3,(H,36,38)(H,33,34,35). The van der Waals surface area contributed by atoms with Crippen LogP contribution in [0.4, 0.5) is 21.6 Å². The van der Waals surface area contributed by atoms with Gasteiger partial charge in [-0.15, -0.1) is 0 Å². The summed E-state index contributed by atoms with van der Waals surface area (Å²) in [5, 5.41) is 6.81. The topological polar surface area (TPSA) is 102 Å². The highest BCUT2D eigenvalue weighted by Crippen LogP contribution is 2.34. The van der Waals surface area contributed by atoms with Gasteiger partial charge in [0, 0.05) is 48.5 Å². The molecule has 0 saturated carbocycles. The molecule has 1 fully saturated rings. The van der Waals surface area contributed by atoms with E-state index < -0.39 is 0 Å². The number of nitrogens with one attached hydrogen (secondary N) is 2. The van der Waals surface area contributed by atoms with Crippen LogP contribution in [0.5, 0.6) is 5.75 Å². The number of carbonyl (C=O) groups is 1. The van der Waals surface area contributed by atoms with Gasteiger partial charge in [-0.05, 0) is 49.2 Å². The van der Waals surface area contributed by atoms with Gasteiger partial charge in [0.15, 0.2) is 0 Å². The van der Waals surface area contributed by atoms with Gasteiger partial charge in [-0.3, -0.25) is 14.7 Å². The predicted molar refractivity (Wildman–Crippen MR) is 153 cm³/mol. The maximum Gasteiger partial charge on any atom is 0.247 e. The zero-order valence-electron chi connectivity index (χ0n) is 22.3. The van der Waals surface area contributed by atoms with E-state index in [1.807, 2.05) is 12.1 Å². The molecule has 206 valence electrons. The molecule has 2 aromatic heterocycles. The fourth-order valence-corrected chi connectivity index (χ4v) is 4.51. The van der Waals surface area contributed by atoms with Crippen molar-refractivity contribution in [3.05, 3.63) is 79.0 Å². The highest BCUT2D eigenvalue weighted by atomic mass is 19.1. The average molecular weight is 543 g/mol. The van der Waals surface area contributed by atoms with E-state index in [1.54, 1.807) is 37.4 Å². The number of aromatic nitrogens is 3. The maximum atomic E-state index is 14.6. The molecular weight excluding hydrogens is 511 g/mol. The lowest BCUT2D eigenvalue weighted by Crippen LogP contribution is -2.37. The fraction of sp³-hybridized carbons (Fsp3) is 0.267. The molecule has 0 atom stereocenters. The second-order valence-electron chi connectivity index (χ2n) is 9.49. The summed E-state index contributed by atoms with van der Waals surface area (Å²) < 4.78 is 26.1. The molecule has 2 N–H and O–H groups in total. The van der Waals surface area contributed by atoms with Crippen molar-refractivity contribution in [1.29, 1.82) is 0 Å². The summed E-state index contributed by atoms with van der Waals surface area (Å²) in [6, 6.07) is 12.3. The van der Waals surface area contributed by atoms with Crippen molar-refractivity contribution in [2.24, 2.45) is 0 Å². The van der Waals surface area contributed by atoms with Gasteiger partial charge in [0.25, 0.3) is 0 Å². The molecule has 1 aliphatic heterocycles. The van der Waals surface area contributed by atoms with Gasteiger partial charge in [-0.25, -0.2) is 14.4 Å². The molecule has 0 radical (unpaired) electrons. The Bertz CT molecular complexity index is 1520. The SMILES string of the molecule is C=CC(=O)Nc1cc2c(Nc3cccc(-c4ncc(C)cc4F)c3)ncnc2cc1OCCCN1CCOCC1. The second kappa shape index (κ2) is 12.6. The quantitative estimate of drug-likeness (QED) is 0.211. The van der Waals surface area contributed by atoms with E-state index in [9.17, 15) is 9.18 Å². The number of rotatable bonds is 10. The summed E-state index contributed by atoms with van der Waals surface area (Å²) in [6.45, 7) is 10.1. The van der Waals surface area contributed by atoms with Crippen LogP contribution in [-0.2, 0) is 9.53 Å². The molecule has 9 nitrogen and oxygen atoms in total. The Balaban J connectivity index is 1.39. The van der Waals surface area contributed by atoms with E-state index in [0.717, 1.165) is 44.8 Å². The number of aryl methyl sites for hydroxylation is 1. The van der Waals surface area contributed by atoms with E-state index in [2.05, 4.69) is 37.1 Å². The fourth-order valence-electron chi connectivity index (χ4n) is 4.51. The Kier molecular flexibility index (Phi) is 8.58. The summed E-state index contributed by atoms with van der Waals surface area (Å²) in [5.74, 6) is 0.290. The first kappa shape index (κ1) is 27.2. The molecule has 4 aromatic rings. The minimum atomic E-state index is -0.385. The molecule has 1 amide bonds. The number of anilines is 3. The van der Waals surface area contributed by atoms with Crippen LogP contribution in [0.1, 0.15) is 12.0 Å². The van der Waals surface area contributed by atoms with E-state index in [4.69, 9.17) is 9.47 Å². The number of carbonyl (C=O) groups excluding carboxylic acids is 1. The lowest BCUT2D eigenvalue weighted by Gasteiger charge is -2.26. The Hall–Kier alpha value is -4.41. The van der Waals surface area contributed by atoms with Crippen LogP contribution in [-0.4, -0.2) is 65.2 Å². The zero-order chi connectivity index (χ0) is 27.9. The van der Waals surface area contributed by atoms with Crippen molar-refractivity contribution in [1.82, 2.24) is 19.9 Å². The number of fused-ring (bicyclic) bond motifs is 1. The van der Waals surface area contributed by atoms with E-state index in [-0.39, 0.29) is 17.4 Å². The number of halogens is 1. The normalized spacial score (nSPS) is 13.7. The average Bonchev–Trinajstić information content (AvgIpc) is 2.96. The minimum Gasteiger partial charge on any atom is -0.491 e. The van der Waals surface area contributed by atoms with Crippen molar-refractivity contribution in [3.63, 3.8) is 0 Å². The predicted octanol–water partition coefficient (Wildman–Crippen LogP) is 5.11. The summed E-state index contributed by atoms with van der Waals surface area (Å²) >= 11 is 0. The highest BCUT2D eigenvalue weighted by Gasteiger charge is 2.15. The third-order valence-corrected chi connectivity index (χ3v) is 6.54. The largest absolute Gasteiger partial charge is 0.491 e. The van der Waals surface area contributed by atoms with Crippen LogP contribution in [0.3, 0.4) is 0 Å². The molecule has 1 aliphatic rings. The second-order valence-corrected chi connectivity index (χ2v) is 9.49. The van der Waals surface area contributed by atoms with Crippen LogP contribution in [0, 0.1) is 12.7 Å². The zero-order valence-corrected chi connectivity index (χ0v) is 22.3. The first-order valence-electron chi connectivity index (χ1n) is 13.1. The smallest absolute Gasteiger partial charge is 0.247 e. The van der Waals surface area contributed by atoms with E-state index in [1.165, 1.54) is 18.5 Å². The number of nitrogens with zero attached hydrogens (tertiary/aromatic N) is 4. The van der Waals surface area contributed by atoms with Gasteiger partial charge in [-0.2, -0.15) is 0 Å². The molecule has 5 rings (SSSR count). The van der Waals surface area contributed by atoms with Gasteiger partial charge < -0.3 is 20.1 Å². The summed E-state index contributed by atoms with van der Waals surface area (Å²) in [5.41, 5.74) is 3.47. The van der Waals surface area contributed by atoms with Crippen LogP contribution in [0.2, 0.25) is 0 Å². The Labute approximate surface area is 232 Å². The molecule has 0 aliphatic carbocycles. The van der Waals surface area contributed by atoms with Crippen molar-refractivity contribution in [3.8, 4) is 17.0 Å². The summed E-state index contributed by atoms with van der Waals surface area (Å²) in [7, 11) is 0. The number of benzene rings is 2. The van der Waals surface area contributed by atoms with Gasteiger partial charge >= 0.3 is 0 Å². The number of hydrogen-bond donors (Lipinski definition) is 2. The van der Waals surface area contributed by atoms with Crippen molar-refractivity contribution < 1.29 is 18.7 Å². The number of morpholine rings is 1. The van der Waals surface area contributed by atoms with E-state index in [0.29, 0.717) is 46.0 Å². The molecular formula is C30H31FN6O3. The van der Waals surface area contributed by atoms with E-state index >= 15 is 0 Å². The van der Waals surface area contributed by atoms with Crippen LogP contribution >= 0.6 is 0 Å². The van der Waals surface area contributed by atoms with Gasteiger partial charge in [0.2, 0.25) is 5.91 Å². The number of amides is 1. The number of ether oxygens (including phenoxy) is 2. The Morgan fingerprint density at radius 2 is 2.02 bits per heavy atom. The Morgan fingerprint density at radius 1 is 1.18 bits per heavy atom. The minimum absolute atomic E-state index is 0.270. The maximum absolute atomic E-state index is 14.6. The third kappa shape index (κ3) is 6.59. The number of hydrogen-bond acceptors (Lipinski definition) is 8. The van der Waals surface area contributed by atoms with Crippen LogP contribution in [0.15, 0.2) is 67.6 Å². The molecule has 0 spiro atoms. The Morgan fingerprint density at radius 3 is 2.83 bits per heavy atom. The monoisotopic (exact) mass is 542 g/mol. The number of pyridine rings is 1. The molecule has 0 bridgehead atoms. The first-order valence-corrected chi connectivity index (χ1v) is 13.1. The lowest BCUT2D eigenvalue weighted by atomic mass is 10.1. The molecule has 3 heterocycles. The summed E-state index contributed by atoms with van der Waals surface area (Å²) in [6.07, 6.45) is 5.13. The van der Waals surface area contributed by atoms with Crippen molar-refractivity contribution in [2.75, 3.05) is 50.1 Å². The van der Waals surface area contributed by atoms with Gasteiger partial charge in [0.05, 0.1) is 31.0 Å². The lowest BCUT2D eigenvalue weighted by molar-refractivity contribution is -0.111. The molecule has 0 unspecified atom stereocenters. The van der Waals surface area contributed by atoms with Crippen LogP contribution < -0.4 is 15.4 Å². The van der Waals surface area contributed by atoms with Gasteiger partial charge in [-0.1, -0.05) is 18.7 Å². The summed E-state index contributed by atoms with van der Waals surface area (Å²) in [4.78, 5) is 27.7. The van der Waals surface area contributed by atoms with Crippen LogP contribution in [0.25, 0.3) is 22.2 Å². The molecule has 2 aromatic carbocycles. The van der Waals surface area contributed by atoms with Gasteiger partial charge in [0.1, 0.15) is 29.4 Å². The van der Waals surface area contributed by atoms with Crippen molar-refractivity contribution in [2.45, 2.75) is 13.3 Å².